The van der Waals surface area contributed by atoms with E-state index in [4.69, 9.17) is 47.4 Å². The van der Waals surface area contributed by atoms with Gasteiger partial charge in [-0.15, -0.1) is 0 Å². The lowest BCUT2D eigenvalue weighted by Gasteiger charge is -2.73. The minimum atomic E-state index is -3.38. The lowest BCUT2D eigenvalue weighted by atomic mass is 9.57. The number of aliphatic carboxylic acids is 5. The van der Waals surface area contributed by atoms with Gasteiger partial charge in [0.15, 0.2) is 51.2 Å². The van der Waals surface area contributed by atoms with Crippen LogP contribution in [0.2, 0.25) is 0 Å². The summed E-state index contributed by atoms with van der Waals surface area (Å²) in [4.78, 5) is 68.8. The fourth-order valence-corrected chi connectivity index (χ4v) is 14.5. The Kier molecular flexibility index (Phi) is 15.9. The molecule has 15 N–H and O–H groups in total. The monoisotopic (exact) mass is 1260 g/mol. The van der Waals surface area contributed by atoms with Gasteiger partial charge in [0.2, 0.25) is 0 Å². The Morgan fingerprint density at radius 1 is 0.241 bits per heavy atom. The quantitative estimate of drug-likeness (QED) is 0.109. The van der Waals surface area contributed by atoms with Crippen LogP contribution in [0, 0.1) is 0 Å². The summed E-state index contributed by atoms with van der Waals surface area (Å²) in [5.74, 6) is -22.6. The predicted molar refractivity (Wildman–Crippen MR) is 293 cm³/mol. The Labute approximate surface area is 504 Å². The van der Waals surface area contributed by atoms with Crippen LogP contribution >= 0.6 is 0 Å². The van der Waals surface area contributed by atoms with Crippen molar-refractivity contribution in [2.24, 2.45) is 0 Å². The maximum absolute atomic E-state index is 14.2. The highest BCUT2D eigenvalue weighted by Gasteiger charge is 2.89. The topological polar surface area (TPSA) is 481 Å². The third-order valence-electron chi connectivity index (χ3n) is 24.7. The number of methoxy groups -OCH3 is 1. The van der Waals surface area contributed by atoms with Crippen molar-refractivity contribution in [3.63, 3.8) is 0 Å². The summed E-state index contributed by atoms with van der Waals surface area (Å²) >= 11 is 0. The van der Waals surface area contributed by atoms with Crippen molar-refractivity contribution in [3.05, 3.63) is 0 Å². The van der Waals surface area contributed by atoms with Crippen molar-refractivity contribution < 1.29 is 148 Å². The van der Waals surface area contributed by atoms with Gasteiger partial charge in [-0.2, -0.15) is 0 Å². The van der Waals surface area contributed by atoms with Crippen LogP contribution in [0.3, 0.4) is 0 Å². The number of aliphatic hydroxyl groups is 10. The molecule has 0 spiro atoms. The molecular formula is C57H96O30. The molecule has 0 radical (unpaired) electrons. The van der Waals surface area contributed by atoms with Crippen LogP contribution in [0.1, 0.15) is 180 Å². The number of carboxylic acid groups (broad SMARTS) is 5. The smallest absolute Gasteiger partial charge is 0.338 e. The summed E-state index contributed by atoms with van der Waals surface area (Å²) in [5, 5.41) is 183. The molecule has 0 amide bonds. The average Bonchev–Trinajstić information content (AvgIpc) is 0.681. The van der Waals surface area contributed by atoms with Gasteiger partial charge in [0.05, 0.1) is 5.60 Å². The van der Waals surface area contributed by atoms with Gasteiger partial charge in [-0.05, 0) is 180 Å². The number of carboxylic acids is 5. The van der Waals surface area contributed by atoms with E-state index < -0.39 is 171 Å². The van der Waals surface area contributed by atoms with Crippen LogP contribution in [0.5, 0.6) is 0 Å². The van der Waals surface area contributed by atoms with Crippen molar-refractivity contribution in [1.29, 1.82) is 0 Å². The third-order valence-corrected chi connectivity index (χ3v) is 24.7. The maximum atomic E-state index is 14.2. The van der Waals surface area contributed by atoms with Crippen LogP contribution in [-0.4, -0.2) is 254 Å². The van der Waals surface area contributed by atoms with E-state index in [1.807, 2.05) is 0 Å². The molecule has 87 heavy (non-hydrogen) atoms. The van der Waals surface area contributed by atoms with Crippen LogP contribution in [0.25, 0.3) is 0 Å². The zero-order valence-corrected chi connectivity index (χ0v) is 54.8. The molecule has 5 heterocycles. The third kappa shape index (κ3) is 7.71. The molecule has 5 saturated heterocycles. The van der Waals surface area contributed by atoms with Gasteiger partial charge in [-0.25, -0.2) is 24.0 Å². The fraction of sp³-hybridized carbons (Fsp3) is 0.912. The molecule has 5 aliphatic rings. The molecule has 24 atom stereocenters. The largest absolute Gasteiger partial charge is 0.479 e. The second kappa shape index (κ2) is 18.7. The highest BCUT2D eigenvalue weighted by Crippen LogP contribution is 2.68. The molecule has 0 bridgehead atoms. The van der Waals surface area contributed by atoms with E-state index in [0.29, 0.717) is 0 Å². The summed E-state index contributed by atoms with van der Waals surface area (Å²) in [6.45, 7) is 23.1. The normalized spacial score (nSPS) is 58.7. The van der Waals surface area contributed by atoms with E-state index >= 15 is 0 Å². The van der Waals surface area contributed by atoms with E-state index in [-0.39, 0.29) is 0 Å². The number of rotatable bonds is 14. The standard InChI is InChI=1S/C57H96O30/c1-33(2)39(8,68)40(9,69)50(19,35(4,79-33)29(60)61)84-55(24)46(15,75)42(11,71)52(21,37(6,81-55)31(64)65)86-57(26)48(17,77)44(13,73)53(22,38(7,83-57)32(66)67)87-56(25)47(16,76)43(12,72)51(20,36(5,82-56)30(62)63)85-54(23)45(14,74)41(10,70)49(18,78-27)34(3,80-54)28(58)59/h68-77H,1-27H3,(H,58,59)(H,60,61)(H,62,63)(H,64,65)(H,66,67)/t34?,35?,36-,37-,38?,39?,40-,41-,42?,43?,44+,45?,46?,47?,48?,49+,50+,51+,52+,53+,54-,55-,56-,57-/m0/s1. The zero-order valence-electron chi connectivity index (χ0n) is 54.8. The Morgan fingerprint density at radius 3 is 0.563 bits per heavy atom. The van der Waals surface area contributed by atoms with E-state index in [1.54, 1.807) is 0 Å². The van der Waals surface area contributed by atoms with Gasteiger partial charge >= 0.3 is 29.8 Å². The van der Waals surface area contributed by atoms with Crippen LogP contribution < -0.4 is 0 Å². The minimum absolute atomic E-state index is 0.718. The zero-order chi connectivity index (χ0) is 69.5. The lowest BCUT2D eigenvalue weighted by Crippen LogP contribution is -2.93. The van der Waals surface area contributed by atoms with Gasteiger partial charge in [-0.1, -0.05) is 0 Å². The first-order chi connectivity index (χ1) is 37.6. The molecule has 5 rings (SSSR count). The SMILES string of the molecule is CO[C@]1(C)C(C)(C(=O)O)O[C@@](C)(O[C@@]2(C)C(C)(O)C(C)(O)[C@](C)(O[C@]3(C)C(C)(C(=O)O)O[C@@](C)(O[C@@]4(C)C(C)(O)C(C)(O)[C@](C)(O[C@]5(C)C(C)(C(=O)O)OC(C)(C)C(C)(O)[C@]5(C)O)O[C@@]4(C)C(=O)O)C(C)(O)[C@@]3(C)O)O[C@@]2(C)C(=O)O)C(C)(O)[C@]1(C)O. The fourth-order valence-electron chi connectivity index (χ4n) is 14.5. The molecule has 504 valence electrons. The van der Waals surface area contributed by atoms with Crippen molar-refractivity contribution in [1.82, 2.24) is 0 Å². The molecule has 0 saturated carbocycles. The molecule has 0 aliphatic carbocycles. The first-order valence-corrected chi connectivity index (χ1v) is 27.9. The van der Waals surface area contributed by atoms with E-state index in [9.17, 15) is 101 Å². The van der Waals surface area contributed by atoms with Crippen molar-refractivity contribution in [3.8, 4) is 0 Å². The van der Waals surface area contributed by atoms with Gasteiger partial charge in [0.1, 0.15) is 84.0 Å². The second-order valence-corrected chi connectivity index (χ2v) is 29.0. The summed E-state index contributed by atoms with van der Waals surface area (Å²) in [6.07, 6.45) is 0. The predicted octanol–water partition coefficient (Wildman–Crippen LogP) is 0.0136. The summed E-state index contributed by atoms with van der Waals surface area (Å²) < 4.78 is 62.4. The Bertz CT molecular complexity index is 2890. The first-order valence-electron chi connectivity index (χ1n) is 27.9. The number of hydrogen-bond acceptors (Lipinski definition) is 25. The molecule has 0 aromatic heterocycles. The second-order valence-electron chi connectivity index (χ2n) is 29.0. The number of ether oxygens (including phenoxy) is 10. The highest BCUT2D eigenvalue weighted by molar-refractivity contribution is 5.83. The Hall–Kier alpha value is -3.45. The maximum Gasteiger partial charge on any atom is 0.338 e. The van der Waals surface area contributed by atoms with Gasteiger partial charge < -0.3 is 124 Å². The molecule has 10 unspecified atom stereocenters. The molecule has 5 fully saturated rings. The Balaban J connectivity index is 1.73. The lowest BCUT2D eigenvalue weighted by molar-refractivity contribution is -0.543. The average molecular weight is 1260 g/mol. The van der Waals surface area contributed by atoms with Crippen LogP contribution in [0.15, 0.2) is 0 Å². The van der Waals surface area contributed by atoms with Gasteiger partial charge in [0, 0.05) is 7.11 Å². The molecule has 30 nitrogen and oxygen atoms in total. The Morgan fingerprint density at radius 2 is 0.391 bits per heavy atom. The summed E-state index contributed by atoms with van der Waals surface area (Å²) in [5.41, 5.74) is -62.6. The van der Waals surface area contributed by atoms with Crippen molar-refractivity contribution in [2.75, 3.05) is 7.11 Å². The highest BCUT2D eigenvalue weighted by atomic mass is 16.8. The van der Waals surface area contributed by atoms with Crippen LogP contribution in [-0.2, 0) is 71.3 Å². The number of carbonyl (C=O) groups is 5. The molecular weight excluding hydrogens is 1160 g/mol. The first kappa shape index (κ1) is 74.3. The van der Waals surface area contributed by atoms with E-state index in [1.165, 1.54) is 13.8 Å². The molecule has 30 heteroatoms. The van der Waals surface area contributed by atoms with Crippen LogP contribution in [0.4, 0.5) is 0 Å². The number of hydrogen-bond donors (Lipinski definition) is 15. The molecule has 5 aliphatic heterocycles. The van der Waals surface area contributed by atoms with Gasteiger partial charge in [0.25, 0.3) is 0 Å². The van der Waals surface area contributed by atoms with Crippen molar-refractivity contribution >= 4 is 29.8 Å². The summed E-state index contributed by atoms with van der Waals surface area (Å²) in [6, 6.07) is 0. The van der Waals surface area contributed by atoms with Gasteiger partial charge in [-0.3, -0.25) is 0 Å². The molecule has 0 aromatic rings. The van der Waals surface area contributed by atoms with E-state index in [2.05, 4.69) is 0 Å². The minimum Gasteiger partial charge on any atom is -0.479 e. The van der Waals surface area contributed by atoms with E-state index in [0.717, 1.165) is 173 Å². The van der Waals surface area contributed by atoms with Crippen molar-refractivity contribution in [2.45, 2.75) is 321 Å². The molecule has 0 aromatic carbocycles. The summed E-state index contributed by atoms with van der Waals surface area (Å²) in [7, 11) is 1.01.